The minimum absolute atomic E-state index is 0.146. The van der Waals surface area contributed by atoms with Crippen molar-refractivity contribution >= 4 is 0 Å². The molecule has 0 aromatic rings. The molecule has 2 aliphatic heterocycles. The molecule has 0 aromatic carbocycles. The number of hydrogen-bond donors (Lipinski definition) is 6. The Labute approximate surface area is 182 Å². The van der Waals surface area contributed by atoms with E-state index in [0.717, 1.165) is 18.4 Å². The fourth-order valence-corrected chi connectivity index (χ4v) is 3.36. The molecule has 0 saturated carbocycles. The van der Waals surface area contributed by atoms with Gasteiger partial charge in [-0.2, -0.15) is 0 Å². The molecule has 1 unspecified atom stereocenters. The van der Waals surface area contributed by atoms with Crippen LogP contribution in [-0.2, 0) is 18.9 Å². The molecule has 31 heavy (non-hydrogen) atoms. The van der Waals surface area contributed by atoms with Crippen LogP contribution in [-0.4, -0.2) is 106 Å². The lowest BCUT2D eigenvalue weighted by molar-refractivity contribution is -0.308. The van der Waals surface area contributed by atoms with Crippen LogP contribution in [0.3, 0.4) is 0 Å². The maximum absolute atomic E-state index is 10.2. The number of hydrogen-bond acceptors (Lipinski definition) is 10. The van der Waals surface area contributed by atoms with Crippen molar-refractivity contribution in [3.63, 3.8) is 0 Å². The quantitative estimate of drug-likeness (QED) is 0.228. The lowest BCUT2D eigenvalue weighted by Gasteiger charge is -2.40. The van der Waals surface area contributed by atoms with Crippen molar-refractivity contribution in [2.24, 2.45) is 0 Å². The third kappa shape index (κ3) is 7.29. The van der Waals surface area contributed by atoms with E-state index in [2.05, 4.69) is 6.08 Å². The molecule has 0 aromatic heterocycles. The van der Waals surface area contributed by atoms with Gasteiger partial charge in [0.25, 0.3) is 0 Å². The van der Waals surface area contributed by atoms with Gasteiger partial charge in [0.2, 0.25) is 0 Å². The predicted molar refractivity (Wildman–Crippen MR) is 109 cm³/mol. The highest BCUT2D eigenvalue weighted by atomic mass is 16.7. The number of rotatable bonds is 10. The fourth-order valence-electron chi connectivity index (χ4n) is 3.36. The molecule has 0 amide bonds. The zero-order valence-electron chi connectivity index (χ0n) is 18.2. The molecule has 6 N–H and O–H groups in total. The van der Waals surface area contributed by atoms with Gasteiger partial charge in [0.15, 0.2) is 12.6 Å². The summed E-state index contributed by atoms with van der Waals surface area (Å²) < 4.78 is 21.7. The minimum atomic E-state index is -1.53. The monoisotopic (exact) mass is 448 g/mol. The average Bonchev–Trinajstić information content (AvgIpc) is 3.00. The molecule has 180 valence electrons. The van der Waals surface area contributed by atoms with E-state index in [1.807, 2.05) is 26.8 Å². The van der Waals surface area contributed by atoms with E-state index in [-0.39, 0.29) is 13.2 Å². The molecule has 0 aliphatic carbocycles. The molecule has 2 aliphatic rings. The van der Waals surface area contributed by atoms with Crippen molar-refractivity contribution < 1.29 is 49.6 Å². The zero-order chi connectivity index (χ0) is 23.1. The molecular formula is C21H36O10. The van der Waals surface area contributed by atoms with Crippen LogP contribution in [0.15, 0.2) is 23.3 Å². The van der Waals surface area contributed by atoms with Gasteiger partial charge in [-0.1, -0.05) is 23.3 Å². The third-order valence-electron chi connectivity index (χ3n) is 5.38. The molecule has 10 nitrogen and oxygen atoms in total. The normalized spacial score (nSPS) is 39.0. The summed E-state index contributed by atoms with van der Waals surface area (Å²) in [6.45, 7) is 5.38. The van der Waals surface area contributed by atoms with Crippen LogP contribution < -0.4 is 0 Å². The average molecular weight is 449 g/mol. The summed E-state index contributed by atoms with van der Waals surface area (Å²) in [5.74, 6) is 0. The first-order chi connectivity index (χ1) is 14.6. The standard InChI is InChI=1S/C21H36O10/c1-11(2)5-4-6-12(3)7-8-28-20-19(27)17(25)16(24)14(31-20)10-29-21-18(26)15(23)13(9-22)30-21/h5,7,13-27H,4,6,8-10H2,1-3H3/b12-7+/t13-,14+,15-,16+,17-,18+,19+,20?,21+/m0/s1. The lowest BCUT2D eigenvalue weighted by Crippen LogP contribution is -2.59. The second-order valence-corrected chi connectivity index (χ2v) is 8.26. The third-order valence-corrected chi connectivity index (χ3v) is 5.38. The molecule has 0 bridgehead atoms. The molecule has 9 atom stereocenters. The lowest BCUT2D eigenvalue weighted by atomic mass is 9.99. The van der Waals surface area contributed by atoms with Crippen LogP contribution in [0.2, 0.25) is 0 Å². The number of aliphatic hydroxyl groups excluding tert-OH is 6. The topological polar surface area (TPSA) is 158 Å². The van der Waals surface area contributed by atoms with Crippen molar-refractivity contribution in [1.82, 2.24) is 0 Å². The van der Waals surface area contributed by atoms with Crippen LogP contribution >= 0.6 is 0 Å². The van der Waals surface area contributed by atoms with E-state index in [4.69, 9.17) is 24.1 Å². The Kier molecular flexibility index (Phi) is 10.5. The second-order valence-electron chi connectivity index (χ2n) is 8.26. The molecule has 0 radical (unpaired) electrons. The van der Waals surface area contributed by atoms with Crippen molar-refractivity contribution in [2.75, 3.05) is 19.8 Å². The highest BCUT2D eigenvalue weighted by Crippen LogP contribution is 2.26. The molecule has 2 rings (SSSR count). The van der Waals surface area contributed by atoms with Crippen LogP contribution in [0.5, 0.6) is 0 Å². The molecule has 0 spiro atoms. The van der Waals surface area contributed by atoms with E-state index in [1.54, 1.807) is 0 Å². The summed E-state index contributed by atoms with van der Waals surface area (Å²) in [5.41, 5.74) is 2.35. The van der Waals surface area contributed by atoms with Gasteiger partial charge in [-0.3, -0.25) is 0 Å². The Morgan fingerprint density at radius 2 is 1.35 bits per heavy atom. The highest BCUT2D eigenvalue weighted by molar-refractivity contribution is 5.02. The summed E-state index contributed by atoms with van der Waals surface area (Å²) >= 11 is 0. The van der Waals surface area contributed by atoms with Gasteiger partial charge in [-0.05, 0) is 33.6 Å². The molecule has 2 saturated heterocycles. The molecular weight excluding hydrogens is 412 g/mol. The van der Waals surface area contributed by atoms with Gasteiger partial charge in [0, 0.05) is 0 Å². The van der Waals surface area contributed by atoms with Gasteiger partial charge in [-0.25, -0.2) is 0 Å². The summed E-state index contributed by atoms with van der Waals surface area (Å²) in [4.78, 5) is 0. The van der Waals surface area contributed by atoms with Crippen LogP contribution in [0.4, 0.5) is 0 Å². The Morgan fingerprint density at radius 1 is 0.774 bits per heavy atom. The first-order valence-electron chi connectivity index (χ1n) is 10.5. The summed E-state index contributed by atoms with van der Waals surface area (Å²) in [7, 11) is 0. The van der Waals surface area contributed by atoms with Crippen molar-refractivity contribution in [3.05, 3.63) is 23.3 Å². The van der Waals surface area contributed by atoms with E-state index < -0.39 is 61.9 Å². The minimum Gasteiger partial charge on any atom is -0.394 e. The largest absolute Gasteiger partial charge is 0.394 e. The van der Waals surface area contributed by atoms with Gasteiger partial charge < -0.3 is 49.6 Å². The smallest absolute Gasteiger partial charge is 0.187 e. The maximum atomic E-state index is 10.2. The van der Waals surface area contributed by atoms with Crippen molar-refractivity contribution in [1.29, 1.82) is 0 Å². The Bertz CT molecular complexity index is 605. The van der Waals surface area contributed by atoms with E-state index in [9.17, 15) is 25.5 Å². The van der Waals surface area contributed by atoms with Gasteiger partial charge >= 0.3 is 0 Å². The van der Waals surface area contributed by atoms with Crippen LogP contribution in [0.1, 0.15) is 33.6 Å². The number of allylic oxidation sites excluding steroid dienone is 3. The van der Waals surface area contributed by atoms with Gasteiger partial charge in [0.05, 0.1) is 19.8 Å². The molecule has 2 heterocycles. The highest BCUT2D eigenvalue weighted by Gasteiger charge is 2.47. The summed E-state index contributed by atoms with van der Waals surface area (Å²) in [6, 6.07) is 0. The Hall–Kier alpha value is -0.920. The van der Waals surface area contributed by atoms with Crippen molar-refractivity contribution in [3.8, 4) is 0 Å². The maximum Gasteiger partial charge on any atom is 0.187 e. The summed E-state index contributed by atoms with van der Waals surface area (Å²) in [6.07, 6.45) is -5.88. The zero-order valence-corrected chi connectivity index (χ0v) is 18.2. The number of aliphatic hydroxyl groups is 6. The first kappa shape index (κ1) is 26.3. The van der Waals surface area contributed by atoms with Crippen LogP contribution in [0.25, 0.3) is 0 Å². The van der Waals surface area contributed by atoms with Gasteiger partial charge in [-0.15, -0.1) is 0 Å². The summed E-state index contributed by atoms with van der Waals surface area (Å²) in [5, 5.41) is 59.3. The Balaban J connectivity index is 1.86. The molecule has 2 fully saturated rings. The molecule has 10 heteroatoms. The second kappa shape index (κ2) is 12.4. The van der Waals surface area contributed by atoms with E-state index in [0.29, 0.717) is 0 Å². The van der Waals surface area contributed by atoms with Gasteiger partial charge in [0.1, 0.15) is 42.7 Å². The van der Waals surface area contributed by atoms with E-state index in [1.165, 1.54) is 5.57 Å². The van der Waals surface area contributed by atoms with Crippen LogP contribution in [0, 0.1) is 0 Å². The Morgan fingerprint density at radius 3 is 1.97 bits per heavy atom. The number of ether oxygens (including phenoxy) is 4. The SMILES string of the molecule is CC(C)=CCC/C(C)=C/COC1O[C@H](CO[C@@H]2O[C@@H](CO)[C@H](O)[C@H]2O)[C@@H](O)[C@H](O)[C@H]1O. The van der Waals surface area contributed by atoms with E-state index >= 15 is 0 Å². The predicted octanol–water partition coefficient (Wildman–Crippen LogP) is -1.04. The fraction of sp³-hybridized carbons (Fsp3) is 0.810. The first-order valence-corrected chi connectivity index (χ1v) is 10.5. The van der Waals surface area contributed by atoms with Crippen molar-refractivity contribution in [2.45, 2.75) is 88.9 Å².